The predicted octanol–water partition coefficient (Wildman–Crippen LogP) is 1.45. The molecule has 1 aromatic rings. The van der Waals surface area contributed by atoms with Gasteiger partial charge in [0.25, 0.3) is 11.1 Å². The Morgan fingerprint density at radius 3 is 2.50 bits per heavy atom. The first kappa shape index (κ1) is 19.4. The van der Waals surface area contributed by atoms with E-state index in [4.69, 9.17) is 0 Å². The molecule has 0 radical (unpaired) electrons. The third kappa shape index (κ3) is 4.25. The fourth-order valence-electron chi connectivity index (χ4n) is 4.13. The molecule has 0 bridgehead atoms. The average Bonchev–Trinajstić information content (AvgIpc) is 3.05. The molecule has 3 N–H and O–H groups in total. The number of aliphatic hydroxyl groups is 1. The number of nitrogens with one attached hydrogen (secondary N) is 2. The lowest BCUT2D eigenvalue weighted by atomic mass is 9.95. The summed E-state index contributed by atoms with van der Waals surface area (Å²) in [5.41, 5.74) is 1.99. The number of anilines is 1. The maximum Gasteiger partial charge on any atom is 0.290 e. The predicted molar refractivity (Wildman–Crippen MR) is 111 cm³/mol. The highest BCUT2D eigenvalue weighted by molar-refractivity contribution is 8.18. The van der Waals surface area contributed by atoms with Crippen LogP contribution in [0.1, 0.15) is 18.4 Å². The minimum Gasteiger partial charge on any atom is -0.378 e. The first-order valence-corrected chi connectivity index (χ1v) is 10.6. The zero-order valence-corrected chi connectivity index (χ0v) is 16.6. The fourth-order valence-corrected chi connectivity index (χ4v) is 4.80. The summed E-state index contributed by atoms with van der Waals surface area (Å²) in [4.78, 5) is 28.2. The van der Waals surface area contributed by atoms with Crippen LogP contribution in [-0.2, 0) is 4.79 Å². The molecule has 2 amide bonds. The van der Waals surface area contributed by atoms with Crippen LogP contribution in [0.2, 0.25) is 0 Å². The van der Waals surface area contributed by atoms with Crippen LogP contribution in [0.3, 0.4) is 0 Å². The highest BCUT2D eigenvalue weighted by Gasteiger charge is 2.30. The number of piperidine rings is 1. The second-order valence-electron chi connectivity index (χ2n) is 7.44. The summed E-state index contributed by atoms with van der Waals surface area (Å²) in [5.74, 6) is 0.0139. The Labute approximate surface area is 169 Å². The number of piperazine rings is 1. The molecule has 0 spiro atoms. The molecule has 3 fully saturated rings. The molecule has 3 aliphatic rings. The quantitative estimate of drug-likeness (QED) is 0.658. The third-order valence-electron chi connectivity index (χ3n) is 5.70. The third-order valence-corrected chi connectivity index (χ3v) is 6.51. The second kappa shape index (κ2) is 8.65. The van der Waals surface area contributed by atoms with Crippen molar-refractivity contribution in [1.29, 1.82) is 0 Å². The van der Waals surface area contributed by atoms with Gasteiger partial charge in [0, 0.05) is 37.8 Å². The monoisotopic (exact) mass is 402 g/mol. The second-order valence-corrected chi connectivity index (χ2v) is 8.45. The van der Waals surface area contributed by atoms with Crippen molar-refractivity contribution >= 4 is 34.7 Å². The van der Waals surface area contributed by atoms with Crippen molar-refractivity contribution in [2.75, 3.05) is 44.2 Å². The van der Waals surface area contributed by atoms with Crippen molar-refractivity contribution in [2.45, 2.75) is 19.1 Å². The molecule has 3 aliphatic heterocycles. The molecule has 7 nitrogen and oxygen atoms in total. The topological polar surface area (TPSA) is 84.9 Å². The van der Waals surface area contributed by atoms with E-state index in [1.54, 1.807) is 6.08 Å². The van der Waals surface area contributed by atoms with Gasteiger partial charge in [0.15, 0.2) is 0 Å². The number of nitrogens with zero attached hydrogens (tertiary/aromatic N) is 2. The molecule has 1 aromatic carbocycles. The summed E-state index contributed by atoms with van der Waals surface area (Å²) >= 11 is 0.941. The van der Waals surface area contributed by atoms with E-state index in [0.717, 1.165) is 75.1 Å². The van der Waals surface area contributed by atoms with Crippen LogP contribution in [0.25, 0.3) is 6.08 Å². The Kier molecular flexibility index (Phi) is 6.01. The highest BCUT2D eigenvalue weighted by Crippen LogP contribution is 2.30. The van der Waals surface area contributed by atoms with Crippen LogP contribution in [0, 0.1) is 5.92 Å². The molecule has 8 heteroatoms. The smallest absolute Gasteiger partial charge is 0.290 e. The van der Waals surface area contributed by atoms with E-state index in [9.17, 15) is 14.7 Å². The van der Waals surface area contributed by atoms with Crippen LogP contribution in [0.15, 0.2) is 29.2 Å². The Balaban J connectivity index is 1.43. The first-order valence-electron chi connectivity index (χ1n) is 9.83. The fraction of sp³-hybridized carbons (Fsp3) is 0.500. The Morgan fingerprint density at radius 2 is 1.82 bits per heavy atom. The number of carbonyl (C=O) groups is 2. The number of carbonyl (C=O) groups excluding carboxylic acids is 2. The molecular formula is C20H26N4O3S. The Morgan fingerprint density at radius 1 is 1.11 bits per heavy atom. The lowest BCUT2D eigenvalue weighted by Gasteiger charge is -2.42. The lowest BCUT2D eigenvalue weighted by molar-refractivity contribution is -0.115. The van der Waals surface area contributed by atoms with Gasteiger partial charge < -0.3 is 15.3 Å². The summed E-state index contributed by atoms with van der Waals surface area (Å²) in [7, 11) is 0. The van der Waals surface area contributed by atoms with Gasteiger partial charge in [-0.05, 0) is 55.4 Å². The van der Waals surface area contributed by atoms with Crippen LogP contribution in [-0.4, -0.2) is 66.6 Å². The van der Waals surface area contributed by atoms with Crippen LogP contribution >= 0.6 is 11.8 Å². The van der Waals surface area contributed by atoms with Gasteiger partial charge in [-0.3, -0.25) is 19.8 Å². The van der Waals surface area contributed by atoms with Gasteiger partial charge in [0.2, 0.25) is 0 Å². The summed E-state index contributed by atoms with van der Waals surface area (Å²) in [6.45, 7) is 5.23. The lowest BCUT2D eigenvalue weighted by Crippen LogP contribution is -2.53. The van der Waals surface area contributed by atoms with Crippen molar-refractivity contribution in [2.24, 2.45) is 5.92 Å². The normalized spacial score (nSPS) is 24.6. The van der Waals surface area contributed by atoms with E-state index in [-0.39, 0.29) is 17.4 Å². The van der Waals surface area contributed by atoms with Gasteiger partial charge in [-0.1, -0.05) is 18.2 Å². The zero-order chi connectivity index (χ0) is 19.5. The number of aliphatic hydroxyl groups excluding tert-OH is 1. The van der Waals surface area contributed by atoms with Gasteiger partial charge in [0.05, 0.1) is 4.91 Å². The number of hydrogen-bond acceptors (Lipinski definition) is 7. The summed E-state index contributed by atoms with van der Waals surface area (Å²) in [5, 5.41) is 16.1. The molecule has 0 aliphatic carbocycles. The van der Waals surface area contributed by atoms with Crippen molar-refractivity contribution in [3.05, 3.63) is 34.7 Å². The molecular weight excluding hydrogens is 376 g/mol. The van der Waals surface area contributed by atoms with E-state index in [2.05, 4.69) is 20.4 Å². The minimum atomic E-state index is -0.369. The molecule has 3 heterocycles. The minimum absolute atomic E-state index is 0.325. The van der Waals surface area contributed by atoms with Gasteiger partial charge in [-0.2, -0.15) is 0 Å². The van der Waals surface area contributed by atoms with Gasteiger partial charge in [-0.15, -0.1) is 0 Å². The maximum atomic E-state index is 11.9. The van der Waals surface area contributed by atoms with Crippen LogP contribution < -0.4 is 15.5 Å². The van der Waals surface area contributed by atoms with Gasteiger partial charge in [-0.25, -0.2) is 0 Å². The number of para-hydroxylation sites is 1. The summed E-state index contributed by atoms with van der Waals surface area (Å²) in [6.07, 6.45) is 3.47. The standard InChI is InChI=1S/C20H26N4O3S/c25-18-17(28-20(27)22-18)13-15-3-1-2-4-16(15)23-9-11-24(12-10-23)19(26)14-5-7-21-8-6-14/h1-4,13-14,19,21,26H,5-12H2,(H,22,25,27). The van der Waals surface area contributed by atoms with Crippen molar-refractivity contribution < 1.29 is 14.7 Å². The Bertz CT molecular complexity index is 770. The summed E-state index contributed by atoms with van der Waals surface area (Å²) < 4.78 is 0. The molecule has 1 unspecified atom stereocenters. The molecule has 0 aromatic heterocycles. The molecule has 4 rings (SSSR count). The van der Waals surface area contributed by atoms with E-state index in [1.807, 2.05) is 24.3 Å². The average molecular weight is 403 g/mol. The van der Waals surface area contributed by atoms with E-state index in [0.29, 0.717) is 10.8 Å². The molecule has 28 heavy (non-hydrogen) atoms. The van der Waals surface area contributed by atoms with Crippen molar-refractivity contribution in [1.82, 2.24) is 15.5 Å². The van der Waals surface area contributed by atoms with Crippen LogP contribution in [0.5, 0.6) is 0 Å². The largest absolute Gasteiger partial charge is 0.378 e. The molecule has 150 valence electrons. The van der Waals surface area contributed by atoms with Gasteiger partial charge >= 0.3 is 0 Å². The number of hydrogen-bond donors (Lipinski definition) is 3. The van der Waals surface area contributed by atoms with Crippen LogP contribution in [0.4, 0.5) is 10.5 Å². The number of benzene rings is 1. The highest BCUT2D eigenvalue weighted by atomic mass is 32.2. The van der Waals surface area contributed by atoms with E-state index >= 15 is 0 Å². The van der Waals surface area contributed by atoms with Crippen molar-refractivity contribution in [3.8, 4) is 0 Å². The number of imide groups is 1. The molecule has 1 atom stereocenters. The first-order chi connectivity index (χ1) is 13.6. The Hall–Kier alpha value is -1.87. The van der Waals surface area contributed by atoms with E-state index in [1.165, 1.54) is 0 Å². The number of thioether (sulfide) groups is 1. The molecule has 0 saturated carbocycles. The SMILES string of the molecule is O=C1NC(=O)C(=Cc2ccccc2N2CCN(C(O)C3CCNCC3)CC2)S1. The zero-order valence-electron chi connectivity index (χ0n) is 15.8. The molecule has 3 saturated heterocycles. The number of rotatable bonds is 4. The van der Waals surface area contributed by atoms with E-state index < -0.39 is 0 Å². The summed E-state index contributed by atoms with van der Waals surface area (Å²) in [6, 6.07) is 7.94. The maximum absolute atomic E-state index is 11.9. The van der Waals surface area contributed by atoms with Crippen molar-refractivity contribution in [3.63, 3.8) is 0 Å². The number of amides is 2. The van der Waals surface area contributed by atoms with Gasteiger partial charge in [0.1, 0.15) is 6.23 Å².